The lowest BCUT2D eigenvalue weighted by atomic mass is 10.1. The number of carbonyl (C=O) groups excluding carboxylic acids is 2. The number of anilines is 3. The van der Waals surface area contributed by atoms with E-state index in [4.69, 9.17) is 16.1 Å². The molecule has 12 nitrogen and oxygen atoms in total. The molecule has 42 heavy (non-hydrogen) atoms. The third-order valence-corrected chi connectivity index (χ3v) is 7.54. The fraction of sp³-hybridized carbons (Fsp3) is 0.0357. The van der Waals surface area contributed by atoms with Crippen LogP contribution in [-0.4, -0.2) is 42.5 Å². The van der Waals surface area contributed by atoms with E-state index < -0.39 is 16.1 Å². The third-order valence-electron chi connectivity index (χ3n) is 5.83. The molecule has 0 atom stereocenters. The van der Waals surface area contributed by atoms with Crippen molar-refractivity contribution in [3.05, 3.63) is 102 Å². The predicted molar refractivity (Wildman–Crippen MR) is 158 cm³/mol. The Morgan fingerprint density at radius 3 is 2.38 bits per heavy atom. The molecule has 0 spiro atoms. The Balaban J connectivity index is 1.29. The molecule has 0 saturated carbocycles. The summed E-state index contributed by atoms with van der Waals surface area (Å²) in [5.41, 5.74) is 2.52. The highest BCUT2D eigenvalue weighted by Gasteiger charge is 2.18. The molecule has 4 N–H and O–H groups in total. The Hall–Kier alpha value is -5.27. The van der Waals surface area contributed by atoms with Crippen LogP contribution >= 0.6 is 11.6 Å². The number of benzene rings is 3. The van der Waals surface area contributed by atoms with Gasteiger partial charge in [-0.2, -0.15) is 4.98 Å². The number of carbonyl (C=O) groups is 2. The number of nitrogens with zero attached hydrogens (tertiary/aromatic N) is 3. The van der Waals surface area contributed by atoms with Crippen LogP contribution in [0.1, 0.15) is 10.4 Å². The van der Waals surface area contributed by atoms with Crippen molar-refractivity contribution in [2.45, 2.75) is 4.90 Å². The number of hydrogen-bond acceptors (Lipinski definition) is 8. The Labute approximate surface area is 245 Å². The SMILES string of the molecule is CNC(=O)Nc1ccc(S(=O)(=O)Nc2cccc(-c3nc(-c4ccc(NC(=O)c5cccnc5)cc4Cl)no3)c2)cc1. The smallest absolute Gasteiger partial charge is 0.318 e. The van der Waals surface area contributed by atoms with E-state index in [1.165, 1.54) is 37.5 Å². The van der Waals surface area contributed by atoms with E-state index in [0.29, 0.717) is 28.1 Å². The number of halogens is 1. The van der Waals surface area contributed by atoms with Crippen LogP contribution < -0.4 is 20.7 Å². The molecule has 3 amide bonds. The number of rotatable bonds is 8. The predicted octanol–water partition coefficient (Wildman–Crippen LogP) is 5.26. The average molecular weight is 604 g/mol. The Morgan fingerprint density at radius 2 is 1.67 bits per heavy atom. The van der Waals surface area contributed by atoms with E-state index in [-0.39, 0.29) is 33.2 Å². The minimum Gasteiger partial charge on any atom is -0.341 e. The van der Waals surface area contributed by atoms with Crippen molar-refractivity contribution in [2.75, 3.05) is 22.4 Å². The minimum absolute atomic E-state index is 0.00477. The zero-order chi connectivity index (χ0) is 29.7. The van der Waals surface area contributed by atoms with Gasteiger partial charge in [0.1, 0.15) is 0 Å². The van der Waals surface area contributed by atoms with Crippen molar-refractivity contribution in [3.63, 3.8) is 0 Å². The van der Waals surface area contributed by atoms with Gasteiger partial charge in [-0.05, 0) is 72.8 Å². The van der Waals surface area contributed by atoms with Gasteiger partial charge in [0.05, 0.1) is 15.5 Å². The fourth-order valence-corrected chi connectivity index (χ4v) is 5.08. The van der Waals surface area contributed by atoms with Crippen LogP contribution in [0.25, 0.3) is 22.8 Å². The van der Waals surface area contributed by atoms with Gasteiger partial charge in [-0.1, -0.05) is 22.8 Å². The number of sulfonamides is 1. The lowest BCUT2D eigenvalue weighted by Crippen LogP contribution is -2.24. The zero-order valence-electron chi connectivity index (χ0n) is 21.8. The molecule has 0 aliphatic rings. The van der Waals surface area contributed by atoms with Crippen LogP contribution in [0, 0.1) is 0 Å². The summed E-state index contributed by atoms with van der Waals surface area (Å²) in [6.45, 7) is 0. The monoisotopic (exact) mass is 603 g/mol. The van der Waals surface area contributed by atoms with Crippen molar-refractivity contribution in [1.29, 1.82) is 0 Å². The van der Waals surface area contributed by atoms with Gasteiger partial charge in [0.15, 0.2) is 0 Å². The Kier molecular flexibility index (Phi) is 8.13. The van der Waals surface area contributed by atoms with Crippen LogP contribution in [0.2, 0.25) is 5.02 Å². The molecule has 0 radical (unpaired) electrons. The summed E-state index contributed by atoms with van der Waals surface area (Å²) in [4.78, 5) is 32.2. The van der Waals surface area contributed by atoms with Crippen molar-refractivity contribution in [1.82, 2.24) is 20.4 Å². The summed E-state index contributed by atoms with van der Waals surface area (Å²) in [5, 5.41) is 12.0. The molecular weight excluding hydrogens is 582 g/mol. The van der Waals surface area contributed by atoms with Gasteiger partial charge in [-0.25, -0.2) is 13.2 Å². The van der Waals surface area contributed by atoms with Gasteiger partial charge >= 0.3 is 6.03 Å². The van der Waals surface area contributed by atoms with E-state index in [1.807, 2.05) is 0 Å². The Morgan fingerprint density at radius 1 is 0.881 bits per heavy atom. The summed E-state index contributed by atoms with van der Waals surface area (Å²) < 4.78 is 33.8. The third kappa shape index (κ3) is 6.54. The molecule has 0 aliphatic carbocycles. The molecule has 0 bridgehead atoms. The number of hydrogen-bond donors (Lipinski definition) is 4. The maximum Gasteiger partial charge on any atom is 0.318 e. The van der Waals surface area contributed by atoms with E-state index in [0.717, 1.165) is 0 Å². The maximum absolute atomic E-state index is 12.9. The Bertz CT molecular complexity index is 1860. The number of nitrogens with one attached hydrogen (secondary N) is 4. The number of aromatic nitrogens is 3. The first-order valence-corrected chi connectivity index (χ1v) is 14.1. The molecule has 212 valence electrons. The topological polar surface area (TPSA) is 168 Å². The first kappa shape index (κ1) is 28.3. The van der Waals surface area contributed by atoms with E-state index in [2.05, 4.69) is 35.8 Å². The molecule has 2 heterocycles. The quantitative estimate of drug-likeness (QED) is 0.186. The first-order valence-electron chi connectivity index (χ1n) is 12.3. The van der Waals surface area contributed by atoms with E-state index >= 15 is 0 Å². The molecule has 5 rings (SSSR count). The number of pyridine rings is 1. The van der Waals surface area contributed by atoms with Crippen molar-refractivity contribution in [2.24, 2.45) is 0 Å². The standard InChI is InChI=1S/C28H22ClN7O5S/c1-30-28(38)33-19-7-10-22(11-8-19)42(39,40)36-21-6-2-4-17(14-21)27-34-25(35-41-27)23-12-9-20(15-24(23)29)32-26(37)18-5-3-13-31-16-18/h2-16,36H,1H3,(H,32,37)(H2,30,33,38). The number of urea groups is 1. The van der Waals surface area contributed by atoms with Crippen LogP contribution in [0.4, 0.5) is 21.9 Å². The highest BCUT2D eigenvalue weighted by atomic mass is 35.5. The normalized spacial score (nSPS) is 11.0. The highest BCUT2D eigenvalue weighted by Crippen LogP contribution is 2.31. The van der Waals surface area contributed by atoms with Crippen LogP contribution in [0.15, 0.2) is 101 Å². The maximum atomic E-state index is 12.9. The molecule has 3 aromatic carbocycles. The van der Waals surface area contributed by atoms with Crippen molar-refractivity contribution >= 4 is 50.6 Å². The van der Waals surface area contributed by atoms with Gasteiger partial charge in [0.2, 0.25) is 5.82 Å². The van der Waals surface area contributed by atoms with Gasteiger partial charge < -0.3 is 20.5 Å². The molecule has 2 aromatic heterocycles. The largest absolute Gasteiger partial charge is 0.341 e. The van der Waals surface area contributed by atoms with Gasteiger partial charge in [-0.3, -0.25) is 14.5 Å². The lowest BCUT2D eigenvalue weighted by Gasteiger charge is -2.10. The summed E-state index contributed by atoms with van der Waals surface area (Å²) in [6.07, 6.45) is 3.03. The lowest BCUT2D eigenvalue weighted by molar-refractivity contribution is 0.102. The summed E-state index contributed by atoms with van der Waals surface area (Å²) in [5.74, 6) is 0.0107. The molecular formula is C28H22ClN7O5S. The highest BCUT2D eigenvalue weighted by molar-refractivity contribution is 7.92. The van der Waals surface area contributed by atoms with Crippen molar-refractivity contribution < 1.29 is 22.5 Å². The molecule has 14 heteroatoms. The molecule has 0 aliphatic heterocycles. The second-order valence-corrected chi connectivity index (χ2v) is 10.8. The van der Waals surface area contributed by atoms with Crippen LogP contribution in [0.3, 0.4) is 0 Å². The van der Waals surface area contributed by atoms with Crippen LogP contribution in [-0.2, 0) is 10.0 Å². The molecule has 0 unspecified atom stereocenters. The fourth-order valence-electron chi connectivity index (χ4n) is 3.77. The summed E-state index contributed by atoms with van der Waals surface area (Å²) >= 11 is 6.46. The van der Waals surface area contributed by atoms with Gasteiger partial charge in [0.25, 0.3) is 21.8 Å². The zero-order valence-corrected chi connectivity index (χ0v) is 23.4. The molecule has 5 aromatic rings. The average Bonchev–Trinajstić information content (AvgIpc) is 3.48. The molecule has 0 saturated heterocycles. The van der Waals surface area contributed by atoms with Gasteiger partial charge in [0, 0.05) is 47.6 Å². The second kappa shape index (κ2) is 12.1. The van der Waals surface area contributed by atoms with Crippen LogP contribution in [0.5, 0.6) is 0 Å². The van der Waals surface area contributed by atoms with E-state index in [1.54, 1.807) is 60.8 Å². The second-order valence-electron chi connectivity index (χ2n) is 8.73. The summed E-state index contributed by atoms with van der Waals surface area (Å²) in [7, 11) is -2.46. The molecule has 0 fully saturated rings. The first-order chi connectivity index (χ1) is 20.2. The van der Waals surface area contributed by atoms with E-state index in [9.17, 15) is 18.0 Å². The van der Waals surface area contributed by atoms with Crippen molar-refractivity contribution in [3.8, 4) is 22.8 Å². The minimum atomic E-state index is -3.93. The summed E-state index contributed by atoms with van der Waals surface area (Å²) in [6, 6.07) is 19.9. The number of amides is 3. The van der Waals surface area contributed by atoms with Gasteiger partial charge in [-0.15, -0.1) is 0 Å².